The van der Waals surface area contributed by atoms with Gasteiger partial charge < -0.3 is 10.4 Å². The fourth-order valence-corrected chi connectivity index (χ4v) is 1.81. The Hall–Kier alpha value is -1.77. The van der Waals surface area contributed by atoms with Gasteiger partial charge in [-0.25, -0.2) is 0 Å². The lowest BCUT2D eigenvalue weighted by Crippen LogP contribution is -2.35. The van der Waals surface area contributed by atoms with E-state index in [1.165, 1.54) is 12.1 Å². The molecule has 1 aromatic rings. The van der Waals surface area contributed by atoms with Crippen LogP contribution in [-0.2, 0) is 0 Å². The summed E-state index contributed by atoms with van der Waals surface area (Å²) in [4.78, 5) is 11.8. The number of allylic oxidation sites excluding steroid dienone is 1. The molecule has 1 aromatic carbocycles. The monoisotopic (exact) mass is 217 g/mol. The van der Waals surface area contributed by atoms with Gasteiger partial charge in [-0.2, -0.15) is 0 Å². The number of phenolic OH excluding ortho intramolecular Hbond substituents is 1. The van der Waals surface area contributed by atoms with E-state index in [0.717, 1.165) is 19.3 Å². The first-order chi connectivity index (χ1) is 7.75. The summed E-state index contributed by atoms with van der Waals surface area (Å²) in [5.74, 6) is 0.109. The summed E-state index contributed by atoms with van der Waals surface area (Å²) in [6, 6.07) is 6.55. The van der Waals surface area contributed by atoms with Crippen LogP contribution in [0.4, 0.5) is 0 Å². The minimum atomic E-state index is -0.0692. The number of rotatable bonds is 2. The zero-order valence-electron chi connectivity index (χ0n) is 9.02. The Morgan fingerprint density at radius 2 is 2.00 bits per heavy atom. The van der Waals surface area contributed by atoms with Gasteiger partial charge in [0.25, 0.3) is 5.91 Å². The topological polar surface area (TPSA) is 49.3 Å². The molecule has 3 heteroatoms. The van der Waals surface area contributed by atoms with E-state index < -0.39 is 0 Å². The standard InChI is InChI=1S/C13H15NO2/c15-12-8-6-10(7-9-12)13(16)14-11-4-2-1-3-5-11/h1-2,6-9,11,15H,3-5H2,(H,14,16). The van der Waals surface area contributed by atoms with Gasteiger partial charge in [-0.05, 0) is 43.5 Å². The van der Waals surface area contributed by atoms with E-state index in [4.69, 9.17) is 5.11 Å². The van der Waals surface area contributed by atoms with Crippen LogP contribution in [0.2, 0.25) is 0 Å². The zero-order valence-corrected chi connectivity index (χ0v) is 9.02. The van der Waals surface area contributed by atoms with E-state index in [2.05, 4.69) is 17.5 Å². The average molecular weight is 217 g/mol. The fourth-order valence-electron chi connectivity index (χ4n) is 1.81. The highest BCUT2D eigenvalue weighted by Crippen LogP contribution is 2.13. The van der Waals surface area contributed by atoms with Crippen molar-refractivity contribution in [3.05, 3.63) is 42.0 Å². The zero-order chi connectivity index (χ0) is 11.4. The second-order valence-electron chi connectivity index (χ2n) is 4.00. The second kappa shape index (κ2) is 4.84. The van der Waals surface area contributed by atoms with E-state index in [0.29, 0.717) is 5.56 Å². The first-order valence-electron chi connectivity index (χ1n) is 5.50. The third-order valence-electron chi connectivity index (χ3n) is 2.73. The van der Waals surface area contributed by atoms with Crippen LogP contribution in [-0.4, -0.2) is 17.1 Å². The van der Waals surface area contributed by atoms with Gasteiger partial charge in [0, 0.05) is 11.6 Å². The highest BCUT2D eigenvalue weighted by Gasteiger charge is 2.13. The maximum absolute atomic E-state index is 11.8. The van der Waals surface area contributed by atoms with E-state index in [9.17, 15) is 4.79 Å². The molecule has 1 amide bonds. The largest absolute Gasteiger partial charge is 0.508 e. The van der Waals surface area contributed by atoms with Crippen molar-refractivity contribution >= 4 is 5.91 Å². The van der Waals surface area contributed by atoms with E-state index in [-0.39, 0.29) is 17.7 Å². The van der Waals surface area contributed by atoms with Gasteiger partial charge in [0.1, 0.15) is 5.75 Å². The minimum absolute atomic E-state index is 0.0692. The lowest BCUT2D eigenvalue weighted by atomic mass is 10.0. The molecule has 0 saturated heterocycles. The smallest absolute Gasteiger partial charge is 0.251 e. The molecule has 3 nitrogen and oxygen atoms in total. The van der Waals surface area contributed by atoms with E-state index in [1.807, 2.05) is 0 Å². The molecular weight excluding hydrogens is 202 g/mol. The Bertz CT molecular complexity index is 395. The van der Waals surface area contributed by atoms with Gasteiger partial charge in [0.2, 0.25) is 0 Å². The number of carbonyl (C=O) groups is 1. The predicted molar refractivity (Wildman–Crippen MR) is 62.4 cm³/mol. The Labute approximate surface area is 94.8 Å². The van der Waals surface area contributed by atoms with Gasteiger partial charge in [0.05, 0.1) is 0 Å². The molecule has 0 spiro atoms. The van der Waals surface area contributed by atoms with Crippen LogP contribution in [0.15, 0.2) is 36.4 Å². The molecule has 0 aromatic heterocycles. The SMILES string of the molecule is O=C(NC1CC=CCC1)c1ccc(O)cc1. The van der Waals surface area contributed by atoms with Crippen molar-refractivity contribution in [1.82, 2.24) is 5.32 Å². The van der Waals surface area contributed by atoms with Crippen LogP contribution in [0.5, 0.6) is 5.75 Å². The summed E-state index contributed by atoms with van der Waals surface area (Å²) >= 11 is 0. The molecule has 16 heavy (non-hydrogen) atoms. The Morgan fingerprint density at radius 3 is 2.62 bits per heavy atom. The number of hydrogen-bond acceptors (Lipinski definition) is 2. The molecule has 1 aliphatic carbocycles. The molecular formula is C13H15NO2. The summed E-state index contributed by atoms with van der Waals surface area (Å²) in [5, 5.41) is 12.1. The predicted octanol–water partition coefficient (Wildman–Crippen LogP) is 2.23. The number of hydrogen-bond donors (Lipinski definition) is 2. The Morgan fingerprint density at radius 1 is 1.25 bits per heavy atom. The third kappa shape index (κ3) is 2.63. The lowest BCUT2D eigenvalue weighted by Gasteiger charge is -2.19. The van der Waals surface area contributed by atoms with E-state index >= 15 is 0 Å². The Kier molecular flexibility index (Phi) is 3.25. The quantitative estimate of drug-likeness (QED) is 0.746. The molecule has 0 bridgehead atoms. The number of amides is 1. The van der Waals surface area contributed by atoms with Crippen LogP contribution < -0.4 is 5.32 Å². The van der Waals surface area contributed by atoms with Crippen molar-refractivity contribution in [1.29, 1.82) is 0 Å². The number of aromatic hydroxyl groups is 1. The number of phenols is 1. The van der Waals surface area contributed by atoms with Gasteiger partial charge in [-0.1, -0.05) is 12.2 Å². The van der Waals surface area contributed by atoms with Crippen molar-refractivity contribution in [2.24, 2.45) is 0 Å². The maximum Gasteiger partial charge on any atom is 0.251 e. The van der Waals surface area contributed by atoms with Crippen LogP contribution in [0, 0.1) is 0 Å². The first kappa shape index (κ1) is 10.7. The van der Waals surface area contributed by atoms with Crippen LogP contribution in [0.25, 0.3) is 0 Å². The lowest BCUT2D eigenvalue weighted by molar-refractivity contribution is 0.0934. The Balaban J connectivity index is 1.97. The molecule has 84 valence electrons. The molecule has 0 heterocycles. The van der Waals surface area contributed by atoms with Crippen molar-refractivity contribution in [2.45, 2.75) is 25.3 Å². The molecule has 0 fully saturated rings. The molecule has 2 rings (SSSR count). The summed E-state index contributed by atoms with van der Waals surface area (Å²) in [6.07, 6.45) is 7.18. The molecule has 2 N–H and O–H groups in total. The molecule has 0 radical (unpaired) electrons. The van der Waals surface area contributed by atoms with Crippen molar-refractivity contribution in [3.8, 4) is 5.75 Å². The molecule has 0 saturated carbocycles. The van der Waals surface area contributed by atoms with Gasteiger partial charge in [-0.3, -0.25) is 4.79 Å². The van der Waals surface area contributed by atoms with Gasteiger partial charge in [-0.15, -0.1) is 0 Å². The molecule has 1 unspecified atom stereocenters. The van der Waals surface area contributed by atoms with Crippen LogP contribution >= 0.6 is 0 Å². The maximum atomic E-state index is 11.8. The minimum Gasteiger partial charge on any atom is -0.508 e. The van der Waals surface area contributed by atoms with Crippen LogP contribution in [0.1, 0.15) is 29.6 Å². The highest BCUT2D eigenvalue weighted by atomic mass is 16.3. The van der Waals surface area contributed by atoms with Gasteiger partial charge in [0.15, 0.2) is 0 Å². The van der Waals surface area contributed by atoms with Crippen molar-refractivity contribution in [2.75, 3.05) is 0 Å². The summed E-state index contributed by atoms with van der Waals surface area (Å²) < 4.78 is 0. The van der Waals surface area contributed by atoms with Crippen LogP contribution in [0.3, 0.4) is 0 Å². The molecule has 1 atom stereocenters. The average Bonchev–Trinajstić information content (AvgIpc) is 2.31. The normalized spacial score (nSPS) is 19.4. The summed E-state index contributed by atoms with van der Waals surface area (Å²) in [6.45, 7) is 0. The number of carbonyl (C=O) groups excluding carboxylic acids is 1. The highest BCUT2D eigenvalue weighted by molar-refractivity contribution is 5.94. The third-order valence-corrected chi connectivity index (χ3v) is 2.73. The molecule has 0 aliphatic heterocycles. The van der Waals surface area contributed by atoms with Crippen molar-refractivity contribution in [3.63, 3.8) is 0 Å². The van der Waals surface area contributed by atoms with Crippen molar-refractivity contribution < 1.29 is 9.90 Å². The first-order valence-corrected chi connectivity index (χ1v) is 5.50. The van der Waals surface area contributed by atoms with Gasteiger partial charge >= 0.3 is 0 Å². The number of benzene rings is 1. The summed E-state index contributed by atoms with van der Waals surface area (Å²) in [5.41, 5.74) is 0.590. The van der Waals surface area contributed by atoms with E-state index in [1.54, 1.807) is 12.1 Å². The number of nitrogens with one attached hydrogen (secondary N) is 1. The fraction of sp³-hybridized carbons (Fsp3) is 0.308. The summed E-state index contributed by atoms with van der Waals surface area (Å²) in [7, 11) is 0. The second-order valence-corrected chi connectivity index (χ2v) is 4.00. The molecule has 1 aliphatic rings.